The second-order valence-corrected chi connectivity index (χ2v) is 7.01. The van der Waals surface area contributed by atoms with E-state index in [1.807, 2.05) is 0 Å². The highest BCUT2D eigenvalue weighted by Crippen LogP contribution is 2.24. The van der Waals surface area contributed by atoms with E-state index in [1.165, 1.54) is 16.8 Å². The van der Waals surface area contributed by atoms with Gasteiger partial charge in [0.1, 0.15) is 11.9 Å². The van der Waals surface area contributed by atoms with Gasteiger partial charge in [-0.15, -0.1) is 0 Å². The summed E-state index contributed by atoms with van der Waals surface area (Å²) in [5.74, 6) is 0.630. The molecule has 0 aliphatic carbocycles. The lowest BCUT2D eigenvalue weighted by Gasteiger charge is -2.31. The van der Waals surface area contributed by atoms with E-state index >= 15 is 0 Å². The molecule has 2 aromatic rings. The number of rotatable bonds is 3. The van der Waals surface area contributed by atoms with Gasteiger partial charge in [-0.25, -0.2) is 23.4 Å². The third-order valence-electron chi connectivity index (χ3n) is 3.44. The Labute approximate surface area is 128 Å². The summed E-state index contributed by atoms with van der Waals surface area (Å²) in [5, 5.41) is 0.0505. The SMILES string of the molecule is Cc1nccc([C@H]2CN(S(=O)(=O)c3cn(C)cn3)CCO2)n1. The summed E-state index contributed by atoms with van der Waals surface area (Å²) in [6, 6.07) is 1.74. The third kappa shape index (κ3) is 2.87. The van der Waals surface area contributed by atoms with E-state index in [0.717, 1.165) is 0 Å². The fraction of sp³-hybridized carbons (Fsp3) is 0.462. The first-order valence-electron chi connectivity index (χ1n) is 6.86. The summed E-state index contributed by atoms with van der Waals surface area (Å²) >= 11 is 0. The molecular weight excluding hydrogens is 306 g/mol. The Balaban J connectivity index is 1.84. The molecule has 2 aromatic heterocycles. The smallest absolute Gasteiger partial charge is 0.262 e. The Kier molecular flexibility index (Phi) is 3.94. The lowest BCUT2D eigenvalue weighted by molar-refractivity contribution is -0.00515. The van der Waals surface area contributed by atoms with Crippen LogP contribution in [0.4, 0.5) is 0 Å². The molecular formula is C13H17N5O3S. The molecule has 1 fully saturated rings. The topological polar surface area (TPSA) is 90.2 Å². The van der Waals surface area contributed by atoms with Gasteiger partial charge in [0.25, 0.3) is 10.0 Å². The quantitative estimate of drug-likeness (QED) is 0.806. The predicted molar refractivity (Wildman–Crippen MR) is 77.4 cm³/mol. The van der Waals surface area contributed by atoms with Crippen LogP contribution in [0.15, 0.2) is 29.8 Å². The maximum Gasteiger partial charge on any atom is 0.262 e. The van der Waals surface area contributed by atoms with Crippen molar-refractivity contribution in [3.63, 3.8) is 0 Å². The zero-order valence-corrected chi connectivity index (χ0v) is 13.2. The van der Waals surface area contributed by atoms with Crippen LogP contribution in [0.3, 0.4) is 0 Å². The van der Waals surface area contributed by atoms with E-state index in [0.29, 0.717) is 24.7 Å². The molecule has 1 saturated heterocycles. The van der Waals surface area contributed by atoms with Gasteiger partial charge < -0.3 is 9.30 Å². The van der Waals surface area contributed by atoms with Gasteiger partial charge >= 0.3 is 0 Å². The number of hydrogen-bond acceptors (Lipinski definition) is 6. The van der Waals surface area contributed by atoms with Crippen LogP contribution in [0, 0.1) is 6.92 Å². The van der Waals surface area contributed by atoms with Crippen LogP contribution in [0.5, 0.6) is 0 Å². The second kappa shape index (κ2) is 5.75. The van der Waals surface area contributed by atoms with Crippen molar-refractivity contribution in [2.75, 3.05) is 19.7 Å². The van der Waals surface area contributed by atoms with Gasteiger partial charge in [0, 0.05) is 32.5 Å². The molecule has 22 heavy (non-hydrogen) atoms. The van der Waals surface area contributed by atoms with Crippen molar-refractivity contribution >= 4 is 10.0 Å². The average molecular weight is 323 g/mol. The fourth-order valence-electron chi connectivity index (χ4n) is 2.33. The highest BCUT2D eigenvalue weighted by Gasteiger charge is 2.33. The summed E-state index contributed by atoms with van der Waals surface area (Å²) in [5.41, 5.74) is 0.688. The van der Waals surface area contributed by atoms with Gasteiger partial charge in [0.2, 0.25) is 0 Å². The van der Waals surface area contributed by atoms with Crippen LogP contribution in [0.25, 0.3) is 0 Å². The molecule has 0 bridgehead atoms. The van der Waals surface area contributed by atoms with Crippen molar-refractivity contribution in [3.05, 3.63) is 36.3 Å². The van der Waals surface area contributed by atoms with Crippen molar-refractivity contribution in [1.82, 2.24) is 23.8 Å². The molecule has 1 aliphatic heterocycles. The predicted octanol–water partition coefficient (Wildman–Crippen LogP) is 0.281. The van der Waals surface area contributed by atoms with Gasteiger partial charge in [-0.05, 0) is 13.0 Å². The second-order valence-electron chi connectivity index (χ2n) is 5.13. The van der Waals surface area contributed by atoms with Crippen LogP contribution in [0.2, 0.25) is 0 Å². The standard InChI is InChI=1S/C13H17N5O3S/c1-10-14-4-3-11(16-10)12-7-18(5-6-21-12)22(19,20)13-8-17(2)9-15-13/h3-4,8-9,12H,5-7H2,1-2H3/t12-/m1/s1. The van der Waals surface area contributed by atoms with Crippen molar-refractivity contribution in [2.45, 2.75) is 18.1 Å². The molecule has 9 heteroatoms. The minimum absolute atomic E-state index is 0.0505. The summed E-state index contributed by atoms with van der Waals surface area (Å²) in [4.78, 5) is 12.3. The molecule has 0 spiro atoms. The summed E-state index contributed by atoms with van der Waals surface area (Å²) in [6.45, 7) is 2.63. The lowest BCUT2D eigenvalue weighted by atomic mass is 10.2. The van der Waals surface area contributed by atoms with Crippen molar-refractivity contribution in [2.24, 2.45) is 7.05 Å². The Morgan fingerprint density at radius 2 is 2.18 bits per heavy atom. The molecule has 1 atom stereocenters. The zero-order chi connectivity index (χ0) is 15.7. The van der Waals surface area contributed by atoms with E-state index in [4.69, 9.17) is 4.74 Å². The molecule has 3 rings (SSSR count). The summed E-state index contributed by atoms with van der Waals surface area (Å²) < 4.78 is 33.9. The molecule has 0 amide bonds. The lowest BCUT2D eigenvalue weighted by Crippen LogP contribution is -2.42. The van der Waals surface area contributed by atoms with Crippen LogP contribution >= 0.6 is 0 Å². The molecule has 3 heterocycles. The number of nitrogens with zero attached hydrogens (tertiary/aromatic N) is 5. The summed E-state index contributed by atoms with van der Waals surface area (Å²) in [7, 11) is -1.88. The van der Waals surface area contributed by atoms with E-state index in [9.17, 15) is 8.42 Å². The van der Waals surface area contributed by atoms with Crippen LogP contribution in [-0.4, -0.2) is 51.9 Å². The first-order chi connectivity index (χ1) is 10.5. The van der Waals surface area contributed by atoms with E-state index < -0.39 is 16.1 Å². The molecule has 0 unspecified atom stereocenters. The minimum atomic E-state index is -3.61. The number of aryl methyl sites for hydroxylation is 2. The number of imidazole rings is 1. The molecule has 0 saturated carbocycles. The van der Waals surface area contributed by atoms with Crippen LogP contribution < -0.4 is 0 Å². The van der Waals surface area contributed by atoms with Gasteiger partial charge in [-0.2, -0.15) is 4.31 Å². The Morgan fingerprint density at radius 3 is 2.86 bits per heavy atom. The maximum absolute atomic E-state index is 12.6. The highest BCUT2D eigenvalue weighted by atomic mass is 32.2. The number of morpholine rings is 1. The molecule has 0 radical (unpaired) electrons. The van der Waals surface area contributed by atoms with Crippen molar-refractivity contribution < 1.29 is 13.2 Å². The van der Waals surface area contributed by atoms with Crippen LogP contribution in [0.1, 0.15) is 17.6 Å². The summed E-state index contributed by atoms with van der Waals surface area (Å²) in [6.07, 6.45) is 4.22. The first kappa shape index (κ1) is 15.1. The third-order valence-corrected chi connectivity index (χ3v) is 5.19. The number of ether oxygens (including phenoxy) is 1. The average Bonchev–Trinajstić information content (AvgIpc) is 2.95. The minimum Gasteiger partial charge on any atom is -0.369 e. The van der Waals surface area contributed by atoms with Gasteiger partial charge in [0.15, 0.2) is 5.03 Å². The Morgan fingerprint density at radius 1 is 1.36 bits per heavy atom. The van der Waals surface area contributed by atoms with Crippen molar-refractivity contribution in [3.8, 4) is 0 Å². The number of hydrogen-bond donors (Lipinski definition) is 0. The normalized spacial score (nSPS) is 20.2. The van der Waals surface area contributed by atoms with Gasteiger partial charge in [0.05, 0.1) is 18.6 Å². The van der Waals surface area contributed by atoms with E-state index in [1.54, 1.807) is 30.8 Å². The molecule has 8 nitrogen and oxygen atoms in total. The zero-order valence-electron chi connectivity index (χ0n) is 12.4. The first-order valence-corrected chi connectivity index (χ1v) is 8.30. The molecule has 0 aromatic carbocycles. The molecule has 1 aliphatic rings. The number of sulfonamides is 1. The van der Waals surface area contributed by atoms with E-state index in [2.05, 4.69) is 15.0 Å². The fourth-order valence-corrected chi connectivity index (χ4v) is 3.72. The molecule has 118 valence electrons. The highest BCUT2D eigenvalue weighted by molar-refractivity contribution is 7.89. The van der Waals surface area contributed by atoms with Gasteiger partial charge in [-0.1, -0.05) is 0 Å². The van der Waals surface area contributed by atoms with Crippen LogP contribution in [-0.2, 0) is 21.8 Å². The van der Waals surface area contributed by atoms with Gasteiger partial charge in [-0.3, -0.25) is 0 Å². The largest absolute Gasteiger partial charge is 0.369 e. The van der Waals surface area contributed by atoms with Crippen molar-refractivity contribution in [1.29, 1.82) is 0 Å². The molecule has 0 N–H and O–H groups in total. The number of aromatic nitrogens is 4. The Hall–Kier alpha value is -1.84. The maximum atomic E-state index is 12.6. The van der Waals surface area contributed by atoms with E-state index in [-0.39, 0.29) is 11.6 Å². The Bertz CT molecular complexity index is 773. The monoisotopic (exact) mass is 323 g/mol.